The predicted molar refractivity (Wildman–Crippen MR) is 43.5 cm³/mol. The molecule has 0 unspecified atom stereocenters. The van der Waals surface area contributed by atoms with E-state index in [0.29, 0.717) is 5.41 Å². The van der Waals surface area contributed by atoms with E-state index in [4.69, 9.17) is 10.5 Å². The maximum absolute atomic E-state index is 11.3. The summed E-state index contributed by atoms with van der Waals surface area (Å²) in [5, 5.41) is 0. The molecule has 0 bridgehead atoms. The van der Waals surface area contributed by atoms with E-state index in [0.717, 1.165) is 26.3 Å². The summed E-state index contributed by atoms with van der Waals surface area (Å²) in [6, 6.07) is -0.358. The molecule has 1 amide bonds. The number of nitrogens with zero attached hydrogens (tertiary/aromatic N) is 1. The summed E-state index contributed by atoms with van der Waals surface area (Å²) >= 11 is 0. The van der Waals surface area contributed by atoms with E-state index < -0.39 is 0 Å². The fraction of sp³-hybridized carbons (Fsp3) is 0.875. The van der Waals surface area contributed by atoms with E-state index in [2.05, 4.69) is 0 Å². The lowest BCUT2D eigenvalue weighted by molar-refractivity contribution is -0.195. The van der Waals surface area contributed by atoms with Crippen molar-refractivity contribution in [3.8, 4) is 0 Å². The van der Waals surface area contributed by atoms with Gasteiger partial charge in [0.1, 0.15) is 0 Å². The predicted octanol–water partition coefficient (Wildman–Crippen LogP) is -0.808. The van der Waals surface area contributed by atoms with Gasteiger partial charge in [0.25, 0.3) is 0 Å². The van der Waals surface area contributed by atoms with Crippen LogP contribution >= 0.6 is 0 Å². The summed E-state index contributed by atoms with van der Waals surface area (Å²) in [6.07, 6.45) is 0. The van der Waals surface area contributed by atoms with E-state index in [1.54, 1.807) is 6.92 Å². The van der Waals surface area contributed by atoms with Crippen molar-refractivity contribution < 1.29 is 9.53 Å². The molecule has 2 aliphatic rings. The van der Waals surface area contributed by atoms with Gasteiger partial charge in [-0.1, -0.05) is 0 Å². The maximum atomic E-state index is 11.3. The zero-order valence-corrected chi connectivity index (χ0v) is 7.25. The molecule has 12 heavy (non-hydrogen) atoms. The number of ether oxygens (including phenoxy) is 1. The average Bonchev–Trinajstić information content (AvgIpc) is 1.80. The maximum Gasteiger partial charge on any atom is 0.239 e. The zero-order valence-electron chi connectivity index (χ0n) is 7.25. The van der Waals surface area contributed by atoms with Gasteiger partial charge in [-0.15, -0.1) is 0 Å². The molecule has 2 aliphatic heterocycles. The summed E-state index contributed by atoms with van der Waals surface area (Å²) in [5.41, 5.74) is 5.78. The molecule has 2 N–H and O–H groups in total. The van der Waals surface area contributed by atoms with Crippen LogP contribution in [0.4, 0.5) is 0 Å². The van der Waals surface area contributed by atoms with E-state index in [9.17, 15) is 4.79 Å². The minimum absolute atomic E-state index is 0.0625. The van der Waals surface area contributed by atoms with Gasteiger partial charge in [0, 0.05) is 13.1 Å². The number of carbonyl (C=O) groups excluding carboxylic acids is 1. The summed E-state index contributed by atoms with van der Waals surface area (Å²) in [5.74, 6) is 0.0625. The number of nitrogens with two attached hydrogens (primary N) is 1. The Hall–Kier alpha value is -0.610. The number of hydrogen-bond acceptors (Lipinski definition) is 3. The topological polar surface area (TPSA) is 55.6 Å². The molecule has 0 aliphatic carbocycles. The van der Waals surface area contributed by atoms with Crippen LogP contribution in [0.1, 0.15) is 6.92 Å². The van der Waals surface area contributed by atoms with E-state index >= 15 is 0 Å². The van der Waals surface area contributed by atoms with Crippen molar-refractivity contribution in [1.29, 1.82) is 0 Å². The number of carbonyl (C=O) groups is 1. The molecular weight excluding hydrogens is 156 g/mol. The Balaban J connectivity index is 1.84. The number of hydrogen-bond donors (Lipinski definition) is 1. The van der Waals surface area contributed by atoms with Gasteiger partial charge in [-0.2, -0.15) is 0 Å². The Bertz CT molecular complexity index is 203. The average molecular weight is 170 g/mol. The molecule has 2 saturated heterocycles. The van der Waals surface area contributed by atoms with Crippen LogP contribution in [0.5, 0.6) is 0 Å². The normalized spacial score (nSPS) is 27.7. The standard InChI is InChI=1S/C8H14N2O2/c1-6(9)7(11)10-2-8(3-10)4-12-5-8/h6H,2-5,9H2,1H3/t6-/m1/s1. The Kier molecular flexibility index (Phi) is 1.63. The highest BCUT2D eigenvalue weighted by atomic mass is 16.5. The summed E-state index contributed by atoms with van der Waals surface area (Å²) in [7, 11) is 0. The molecule has 0 aromatic rings. The lowest BCUT2D eigenvalue weighted by Crippen LogP contribution is -2.68. The number of rotatable bonds is 1. The van der Waals surface area contributed by atoms with Gasteiger partial charge in [0.2, 0.25) is 5.91 Å². The highest BCUT2D eigenvalue weighted by molar-refractivity contribution is 5.82. The van der Waals surface area contributed by atoms with Crippen LogP contribution in [-0.4, -0.2) is 43.2 Å². The van der Waals surface area contributed by atoms with Gasteiger partial charge in [-0.3, -0.25) is 4.79 Å². The third-order valence-corrected chi connectivity index (χ3v) is 2.57. The Morgan fingerprint density at radius 2 is 2.17 bits per heavy atom. The largest absolute Gasteiger partial charge is 0.380 e. The van der Waals surface area contributed by atoms with Gasteiger partial charge in [0.05, 0.1) is 24.7 Å². The molecule has 2 heterocycles. The molecule has 4 heteroatoms. The van der Waals surface area contributed by atoms with Crippen molar-refractivity contribution in [3.05, 3.63) is 0 Å². The molecule has 0 radical (unpaired) electrons. The van der Waals surface area contributed by atoms with Crippen molar-refractivity contribution in [3.63, 3.8) is 0 Å². The van der Waals surface area contributed by atoms with Crippen LogP contribution in [0.25, 0.3) is 0 Å². The third kappa shape index (κ3) is 1.03. The molecule has 4 nitrogen and oxygen atoms in total. The van der Waals surface area contributed by atoms with Crippen LogP contribution in [0.3, 0.4) is 0 Å². The van der Waals surface area contributed by atoms with Crippen molar-refractivity contribution in [1.82, 2.24) is 4.90 Å². The molecule has 2 fully saturated rings. The van der Waals surface area contributed by atoms with Crippen LogP contribution in [0, 0.1) is 5.41 Å². The van der Waals surface area contributed by atoms with Crippen LogP contribution in [0.2, 0.25) is 0 Å². The second-order valence-electron chi connectivity index (χ2n) is 3.98. The van der Waals surface area contributed by atoms with E-state index in [1.165, 1.54) is 0 Å². The first-order chi connectivity index (χ1) is 5.63. The molecule has 1 spiro atoms. The second kappa shape index (κ2) is 2.44. The van der Waals surface area contributed by atoms with E-state index in [1.807, 2.05) is 4.90 Å². The van der Waals surface area contributed by atoms with Crippen LogP contribution in [0.15, 0.2) is 0 Å². The Labute approximate surface area is 71.7 Å². The number of amides is 1. The molecule has 0 saturated carbocycles. The first-order valence-corrected chi connectivity index (χ1v) is 4.25. The minimum atomic E-state index is -0.358. The highest BCUT2D eigenvalue weighted by Crippen LogP contribution is 2.37. The van der Waals surface area contributed by atoms with Gasteiger partial charge in [-0.25, -0.2) is 0 Å². The molecule has 2 rings (SSSR count). The second-order valence-corrected chi connectivity index (χ2v) is 3.98. The van der Waals surface area contributed by atoms with Gasteiger partial charge in [0.15, 0.2) is 0 Å². The molecule has 1 atom stereocenters. The fourth-order valence-electron chi connectivity index (χ4n) is 1.78. The Morgan fingerprint density at radius 3 is 2.50 bits per heavy atom. The third-order valence-electron chi connectivity index (χ3n) is 2.57. The molecule has 0 aromatic heterocycles. The summed E-state index contributed by atoms with van der Waals surface area (Å²) < 4.78 is 5.10. The van der Waals surface area contributed by atoms with Crippen molar-refractivity contribution >= 4 is 5.91 Å². The van der Waals surface area contributed by atoms with Gasteiger partial charge in [-0.05, 0) is 6.92 Å². The zero-order chi connectivity index (χ0) is 8.77. The van der Waals surface area contributed by atoms with Gasteiger partial charge < -0.3 is 15.4 Å². The smallest absolute Gasteiger partial charge is 0.239 e. The van der Waals surface area contributed by atoms with Crippen LogP contribution < -0.4 is 5.73 Å². The minimum Gasteiger partial charge on any atom is -0.380 e. The summed E-state index contributed by atoms with van der Waals surface area (Å²) in [4.78, 5) is 13.1. The van der Waals surface area contributed by atoms with Crippen molar-refractivity contribution in [2.45, 2.75) is 13.0 Å². The van der Waals surface area contributed by atoms with Crippen molar-refractivity contribution in [2.75, 3.05) is 26.3 Å². The molecule has 0 aromatic carbocycles. The number of likely N-dealkylation sites (tertiary alicyclic amines) is 1. The monoisotopic (exact) mass is 170 g/mol. The first-order valence-electron chi connectivity index (χ1n) is 4.25. The lowest BCUT2D eigenvalue weighted by Gasteiger charge is -2.55. The Morgan fingerprint density at radius 1 is 1.58 bits per heavy atom. The molecular formula is C8H14N2O2. The quantitative estimate of drug-likeness (QED) is 0.560. The SMILES string of the molecule is C[C@@H](N)C(=O)N1CC2(COC2)C1. The lowest BCUT2D eigenvalue weighted by atomic mass is 9.78. The summed E-state index contributed by atoms with van der Waals surface area (Å²) in [6.45, 7) is 5.04. The van der Waals surface area contributed by atoms with Crippen LogP contribution in [-0.2, 0) is 9.53 Å². The van der Waals surface area contributed by atoms with E-state index in [-0.39, 0.29) is 11.9 Å². The van der Waals surface area contributed by atoms with Crippen molar-refractivity contribution in [2.24, 2.45) is 11.1 Å². The fourth-order valence-corrected chi connectivity index (χ4v) is 1.78. The first kappa shape index (κ1) is 8.01. The highest BCUT2D eigenvalue weighted by Gasteiger charge is 2.50. The molecule has 68 valence electrons. The van der Waals surface area contributed by atoms with Gasteiger partial charge >= 0.3 is 0 Å².